The predicted octanol–water partition coefficient (Wildman–Crippen LogP) is 0.0213. The van der Waals surface area contributed by atoms with Gasteiger partial charge in [0.05, 0.1) is 5.75 Å². The zero-order chi connectivity index (χ0) is 9.68. The molecule has 0 aliphatic carbocycles. The van der Waals surface area contributed by atoms with Crippen LogP contribution < -0.4 is 5.73 Å². The van der Waals surface area contributed by atoms with Gasteiger partial charge in [0.25, 0.3) is 0 Å². The second-order valence-corrected chi connectivity index (χ2v) is 4.61. The standard InChI is InChI=1S/C8H18N2O2S/c9-8-2-5-10(6-3-8)4-1-7-13(11)12/h8H,1-7,9H2,(H,11,12). The van der Waals surface area contributed by atoms with Gasteiger partial charge in [0, 0.05) is 6.04 Å². The molecule has 1 rings (SSSR count). The molecule has 0 aromatic heterocycles. The molecule has 0 aromatic rings. The first-order valence-electron chi connectivity index (χ1n) is 4.74. The Bertz CT molecular complexity index is 170. The molecule has 0 aromatic carbocycles. The Morgan fingerprint density at radius 3 is 2.62 bits per heavy atom. The largest absolute Gasteiger partial charge is 0.328 e. The van der Waals surface area contributed by atoms with Crippen LogP contribution in [0.4, 0.5) is 0 Å². The van der Waals surface area contributed by atoms with Crippen LogP contribution in [0, 0.1) is 0 Å². The molecule has 1 heterocycles. The summed E-state index contributed by atoms with van der Waals surface area (Å²) in [5.41, 5.74) is 5.76. The molecule has 1 saturated heterocycles. The van der Waals surface area contributed by atoms with Crippen LogP contribution in [0.15, 0.2) is 0 Å². The molecule has 0 spiro atoms. The number of hydrogen-bond acceptors (Lipinski definition) is 3. The number of piperidine rings is 1. The maximum atomic E-state index is 10.4. The van der Waals surface area contributed by atoms with E-state index in [2.05, 4.69) is 4.90 Å². The Kier molecular flexibility index (Phi) is 4.87. The van der Waals surface area contributed by atoms with Crippen molar-refractivity contribution in [1.82, 2.24) is 4.90 Å². The smallest absolute Gasteiger partial charge is 0.152 e. The maximum Gasteiger partial charge on any atom is 0.152 e. The summed E-state index contributed by atoms with van der Waals surface area (Å²) in [6.45, 7) is 3.01. The van der Waals surface area contributed by atoms with E-state index in [4.69, 9.17) is 10.3 Å². The molecule has 1 aliphatic rings. The normalized spacial score (nSPS) is 23.2. The van der Waals surface area contributed by atoms with Crippen LogP contribution in [0.3, 0.4) is 0 Å². The molecule has 0 saturated carbocycles. The van der Waals surface area contributed by atoms with Crippen molar-refractivity contribution in [3.63, 3.8) is 0 Å². The Balaban J connectivity index is 2.05. The summed E-state index contributed by atoms with van der Waals surface area (Å²) in [5.74, 6) is 0.391. The summed E-state index contributed by atoms with van der Waals surface area (Å²) in [6.07, 6.45) is 2.92. The molecule has 4 nitrogen and oxygen atoms in total. The molecule has 13 heavy (non-hydrogen) atoms. The number of hydrogen-bond donors (Lipinski definition) is 2. The third kappa shape index (κ3) is 4.71. The second-order valence-electron chi connectivity index (χ2n) is 3.56. The number of likely N-dealkylation sites (tertiary alicyclic amines) is 1. The summed E-state index contributed by atoms with van der Waals surface area (Å²) in [6, 6.07) is 0.364. The van der Waals surface area contributed by atoms with E-state index in [1.807, 2.05) is 0 Å². The molecule has 1 unspecified atom stereocenters. The summed E-state index contributed by atoms with van der Waals surface area (Å²) in [4.78, 5) is 2.32. The van der Waals surface area contributed by atoms with Crippen LogP contribution in [-0.2, 0) is 11.1 Å². The monoisotopic (exact) mass is 206 g/mol. The minimum atomic E-state index is -1.63. The van der Waals surface area contributed by atoms with Gasteiger partial charge in [0.15, 0.2) is 11.1 Å². The Morgan fingerprint density at radius 2 is 2.08 bits per heavy atom. The highest BCUT2D eigenvalue weighted by Crippen LogP contribution is 2.08. The lowest BCUT2D eigenvalue weighted by Crippen LogP contribution is -2.40. The lowest BCUT2D eigenvalue weighted by Gasteiger charge is -2.29. The highest BCUT2D eigenvalue weighted by molar-refractivity contribution is 7.79. The van der Waals surface area contributed by atoms with Crippen LogP contribution in [0.1, 0.15) is 19.3 Å². The Morgan fingerprint density at radius 1 is 1.46 bits per heavy atom. The van der Waals surface area contributed by atoms with Crippen molar-refractivity contribution in [2.45, 2.75) is 25.3 Å². The van der Waals surface area contributed by atoms with E-state index in [1.165, 1.54) is 0 Å². The highest BCUT2D eigenvalue weighted by Gasteiger charge is 2.15. The molecule has 78 valence electrons. The van der Waals surface area contributed by atoms with Gasteiger partial charge >= 0.3 is 0 Å². The van der Waals surface area contributed by atoms with E-state index in [0.717, 1.165) is 38.9 Å². The second kappa shape index (κ2) is 5.70. The lowest BCUT2D eigenvalue weighted by molar-refractivity contribution is 0.214. The fraction of sp³-hybridized carbons (Fsp3) is 1.00. The lowest BCUT2D eigenvalue weighted by atomic mass is 10.1. The summed E-state index contributed by atoms with van der Waals surface area (Å²) < 4.78 is 18.9. The molecule has 1 atom stereocenters. The fourth-order valence-electron chi connectivity index (χ4n) is 1.59. The molecule has 5 heteroatoms. The van der Waals surface area contributed by atoms with Crippen LogP contribution in [0.2, 0.25) is 0 Å². The van der Waals surface area contributed by atoms with Gasteiger partial charge in [0.1, 0.15) is 0 Å². The fourth-order valence-corrected chi connectivity index (χ4v) is 1.96. The summed E-state index contributed by atoms with van der Waals surface area (Å²) in [5, 5.41) is 0. The number of rotatable bonds is 4. The minimum absolute atomic E-state index is 0.364. The molecular weight excluding hydrogens is 188 g/mol. The first-order chi connectivity index (χ1) is 6.18. The molecule has 1 aliphatic heterocycles. The van der Waals surface area contributed by atoms with E-state index in [1.54, 1.807) is 0 Å². The average molecular weight is 206 g/mol. The van der Waals surface area contributed by atoms with E-state index in [0.29, 0.717) is 11.8 Å². The molecule has 0 radical (unpaired) electrons. The van der Waals surface area contributed by atoms with Gasteiger partial charge in [-0.05, 0) is 38.9 Å². The molecule has 3 N–H and O–H groups in total. The van der Waals surface area contributed by atoms with Crippen LogP contribution >= 0.6 is 0 Å². The third-order valence-electron chi connectivity index (χ3n) is 2.43. The number of nitrogens with zero attached hydrogens (tertiary/aromatic N) is 1. The van der Waals surface area contributed by atoms with Crippen molar-refractivity contribution < 1.29 is 8.76 Å². The zero-order valence-corrected chi connectivity index (χ0v) is 8.63. The minimum Gasteiger partial charge on any atom is -0.328 e. The SMILES string of the molecule is NC1CCN(CCCS(=O)O)CC1. The van der Waals surface area contributed by atoms with Gasteiger partial charge in [0.2, 0.25) is 0 Å². The molecule has 0 bridgehead atoms. The van der Waals surface area contributed by atoms with Crippen molar-refractivity contribution >= 4 is 11.1 Å². The highest BCUT2D eigenvalue weighted by atomic mass is 32.2. The molecular formula is C8H18N2O2S. The third-order valence-corrected chi connectivity index (χ3v) is 3.06. The quantitative estimate of drug-likeness (QED) is 0.636. The van der Waals surface area contributed by atoms with Crippen molar-refractivity contribution in [3.05, 3.63) is 0 Å². The Labute approximate surface area is 81.8 Å². The van der Waals surface area contributed by atoms with Crippen molar-refractivity contribution in [2.24, 2.45) is 5.73 Å². The van der Waals surface area contributed by atoms with Crippen LogP contribution in [-0.4, -0.2) is 45.1 Å². The van der Waals surface area contributed by atoms with Crippen molar-refractivity contribution in [1.29, 1.82) is 0 Å². The Hall–Kier alpha value is 0.0300. The van der Waals surface area contributed by atoms with Crippen LogP contribution in [0.25, 0.3) is 0 Å². The van der Waals surface area contributed by atoms with Gasteiger partial charge in [-0.1, -0.05) is 0 Å². The van der Waals surface area contributed by atoms with E-state index in [-0.39, 0.29) is 0 Å². The molecule has 0 amide bonds. The maximum absolute atomic E-state index is 10.4. The van der Waals surface area contributed by atoms with Crippen LogP contribution in [0.5, 0.6) is 0 Å². The van der Waals surface area contributed by atoms with Gasteiger partial charge in [-0.15, -0.1) is 0 Å². The predicted molar refractivity (Wildman–Crippen MR) is 53.9 cm³/mol. The van der Waals surface area contributed by atoms with Crippen molar-refractivity contribution in [2.75, 3.05) is 25.4 Å². The zero-order valence-electron chi connectivity index (χ0n) is 7.82. The van der Waals surface area contributed by atoms with Gasteiger partial charge < -0.3 is 15.2 Å². The van der Waals surface area contributed by atoms with E-state index in [9.17, 15) is 4.21 Å². The molecule has 1 fully saturated rings. The van der Waals surface area contributed by atoms with E-state index < -0.39 is 11.1 Å². The first kappa shape index (κ1) is 11.1. The summed E-state index contributed by atoms with van der Waals surface area (Å²) >= 11 is -1.63. The summed E-state index contributed by atoms with van der Waals surface area (Å²) in [7, 11) is 0. The van der Waals surface area contributed by atoms with E-state index >= 15 is 0 Å². The average Bonchev–Trinajstić information content (AvgIpc) is 2.08. The number of nitrogens with two attached hydrogens (primary N) is 1. The van der Waals surface area contributed by atoms with Gasteiger partial charge in [-0.25, -0.2) is 4.21 Å². The topological polar surface area (TPSA) is 66.6 Å². The van der Waals surface area contributed by atoms with Gasteiger partial charge in [-0.3, -0.25) is 0 Å². The van der Waals surface area contributed by atoms with Gasteiger partial charge in [-0.2, -0.15) is 0 Å². The first-order valence-corrected chi connectivity index (χ1v) is 6.01. The van der Waals surface area contributed by atoms with Crippen molar-refractivity contribution in [3.8, 4) is 0 Å².